The summed E-state index contributed by atoms with van der Waals surface area (Å²) < 4.78 is 0. The van der Waals surface area contributed by atoms with E-state index in [0.717, 1.165) is 17.4 Å². The number of hydrogen-bond donors (Lipinski definition) is 1. The molecule has 0 amide bonds. The second kappa shape index (κ2) is 7.38. The fraction of sp³-hybridized carbons (Fsp3) is 0.364. The van der Waals surface area contributed by atoms with Gasteiger partial charge < -0.3 is 5.11 Å². The average molecular weight is 304 g/mol. The van der Waals surface area contributed by atoms with Gasteiger partial charge in [0.25, 0.3) is 0 Å². The Morgan fingerprint density at radius 2 is 1.61 bits per heavy atom. The van der Waals surface area contributed by atoms with Crippen LogP contribution in [0.3, 0.4) is 0 Å². The SMILES string of the molecule is CCC1CCC(c2ccc(C#Cc3ccccc3O)cc2)CC1. The van der Waals surface area contributed by atoms with E-state index in [1.54, 1.807) is 6.07 Å². The lowest BCUT2D eigenvalue weighted by atomic mass is 9.78. The first kappa shape index (κ1) is 15.7. The van der Waals surface area contributed by atoms with Crippen LogP contribution in [0.1, 0.15) is 61.6 Å². The van der Waals surface area contributed by atoms with Gasteiger partial charge in [-0.3, -0.25) is 0 Å². The van der Waals surface area contributed by atoms with E-state index < -0.39 is 0 Å². The molecule has 0 atom stereocenters. The summed E-state index contributed by atoms with van der Waals surface area (Å²) in [5.41, 5.74) is 3.13. The fourth-order valence-corrected chi connectivity index (χ4v) is 3.46. The van der Waals surface area contributed by atoms with Gasteiger partial charge in [-0.05, 0) is 67.3 Å². The Kier molecular flexibility index (Phi) is 5.03. The van der Waals surface area contributed by atoms with Crippen LogP contribution in [0.15, 0.2) is 48.5 Å². The van der Waals surface area contributed by atoms with Crippen LogP contribution in [0.4, 0.5) is 0 Å². The van der Waals surface area contributed by atoms with E-state index in [9.17, 15) is 5.11 Å². The van der Waals surface area contributed by atoms with Gasteiger partial charge in [0.15, 0.2) is 0 Å². The molecule has 23 heavy (non-hydrogen) atoms. The maximum atomic E-state index is 9.74. The Labute approximate surface area is 139 Å². The molecule has 1 nitrogen and oxygen atoms in total. The number of benzene rings is 2. The van der Waals surface area contributed by atoms with Crippen molar-refractivity contribution >= 4 is 0 Å². The van der Waals surface area contributed by atoms with Crippen molar-refractivity contribution in [3.05, 3.63) is 65.2 Å². The van der Waals surface area contributed by atoms with E-state index in [1.807, 2.05) is 18.2 Å². The third-order valence-electron chi connectivity index (χ3n) is 5.05. The first-order valence-electron chi connectivity index (χ1n) is 8.66. The first-order valence-corrected chi connectivity index (χ1v) is 8.66. The zero-order chi connectivity index (χ0) is 16.1. The fourth-order valence-electron chi connectivity index (χ4n) is 3.46. The summed E-state index contributed by atoms with van der Waals surface area (Å²) >= 11 is 0. The standard InChI is InChI=1S/C22H24O/c1-2-17-7-12-19(13-8-17)20-14-9-18(10-15-20)11-16-21-5-3-4-6-22(21)23/h3-6,9-10,14-15,17,19,23H,2,7-8,12-13H2,1H3. The topological polar surface area (TPSA) is 20.2 Å². The molecule has 1 aliphatic rings. The van der Waals surface area contributed by atoms with Gasteiger partial charge in [-0.1, -0.05) is 49.5 Å². The van der Waals surface area contributed by atoms with Gasteiger partial charge in [0, 0.05) is 5.56 Å². The third kappa shape index (κ3) is 3.96. The number of phenols is 1. The minimum atomic E-state index is 0.240. The predicted octanol–water partition coefficient (Wildman–Crippen LogP) is 5.48. The zero-order valence-electron chi connectivity index (χ0n) is 13.8. The summed E-state index contributed by atoms with van der Waals surface area (Å²) in [7, 11) is 0. The summed E-state index contributed by atoms with van der Waals surface area (Å²) in [4.78, 5) is 0. The van der Waals surface area contributed by atoms with Crippen molar-refractivity contribution < 1.29 is 5.11 Å². The highest BCUT2D eigenvalue weighted by Crippen LogP contribution is 2.36. The summed E-state index contributed by atoms with van der Waals surface area (Å²) in [5, 5.41) is 9.74. The van der Waals surface area contributed by atoms with Crippen molar-refractivity contribution in [3.8, 4) is 17.6 Å². The average Bonchev–Trinajstić information content (AvgIpc) is 2.62. The molecule has 1 fully saturated rings. The van der Waals surface area contributed by atoms with Gasteiger partial charge in [-0.2, -0.15) is 0 Å². The number of phenolic OH excluding ortho intramolecular Hbond substituents is 1. The molecule has 0 aliphatic heterocycles. The molecule has 0 unspecified atom stereocenters. The smallest absolute Gasteiger partial charge is 0.131 e. The van der Waals surface area contributed by atoms with Crippen molar-refractivity contribution in [2.24, 2.45) is 5.92 Å². The van der Waals surface area contributed by atoms with E-state index in [1.165, 1.54) is 37.7 Å². The largest absolute Gasteiger partial charge is 0.507 e. The molecule has 1 saturated carbocycles. The molecule has 3 rings (SSSR count). The maximum Gasteiger partial charge on any atom is 0.131 e. The molecule has 118 valence electrons. The zero-order valence-corrected chi connectivity index (χ0v) is 13.8. The molecular weight excluding hydrogens is 280 g/mol. The Bertz CT molecular complexity index is 695. The number of rotatable bonds is 2. The molecule has 0 heterocycles. The van der Waals surface area contributed by atoms with Gasteiger partial charge in [0.2, 0.25) is 0 Å². The van der Waals surface area contributed by atoms with Gasteiger partial charge >= 0.3 is 0 Å². The molecule has 0 aromatic heterocycles. The van der Waals surface area contributed by atoms with Crippen LogP contribution < -0.4 is 0 Å². The van der Waals surface area contributed by atoms with E-state index in [-0.39, 0.29) is 5.75 Å². The second-order valence-corrected chi connectivity index (χ2v) is 6.52. The lowest BCUT2D eigenvalue weighted by Crippen LogP contribution is -2.12. The van der Waals surface area contributed by atoms with E-state index >= 15 is 0 Å². The summed E-state index contributed by atoms with van der Waals surface area (Å²) in [5.74, 6) is 8.08. The van der Waals surface area contributed by atoms with Crippen molar-refractivity contribution in [2.75, 3.05) is 0 Å². The van der Waals surface area contributed by atoms with E-state index in [4.69, 9.17) is 0 Å². The normalized spacial score (nSPS) is 20.6. The van der Waals surface area contributed by atoms with Crippen LogP contribution in [-0.2, 0) is 0 Å². The molecule has 0 radical (unpaired) electrons. The Morgan fingerprint density at radius 3 is 2.26 bits per heavy atom. The van der Waals surface area contributed by atoms with E-state index in [2.05, 4.69) is 43.0 Å². The van der Waals surface area contributed by atoms with Crippen molar-refractivity contribution in [3.63, 3.8) is 0 Å². The quantitative estimate of drug-likeness (QED) is 0.729. The molecule has 2 aromatic rings. The lowest BCUT2D eigenvalue weighted by Gasteiger charge is -2.28. The molecule has 0 spiro atoms. The van der Waals surface area contributed by atoms with Crippen molar-refractivity contribution in [1.82, 2.24) is 0 Å². The van der Waals surface area contributed by atoms with Crippen LogP contribution in [-0.4, -0.2) is 5.11 Å². The molecule has 2 aromatic carbocycles. The second-order valence-electron chi connectivity index (χ2n) is 6.52. The molecular formula is C22H24O. The molecule has 1 aliphatic carbocycles. The highest BCUT2D eigenvalue weighted by molar-refractivity contribution is 5.49. The van der Waals surface area contributed by atoms with E-state index in [0.29, 0.717) is 5.56 Å². The highest BCUT2D eigenvalue weighted by Gasteiger charge is 2.20. The number of aromatic hydroxyl groups is 1. The van der Waals surface area contributed by atoms with Crippen LogP contribution in [0.5, 0.6) is 5.75 Å². The Hall–Kier alpha value is -2.20. The summed E-state index contributed by atoms with van der Waals surface area (Å²) in [6.45, 7) is 2.31. The maximum absolute atomic E-state index is 9.74. The third-order valence-corrected chi connectivity index (χ3v) is 5.05. The van der Waals surface area contributed by atoms with Gasteiger partial charge in [-0.25, -0.2) is 0 Å². The van der Waals surface area contributed by atoms with Crippen molar-refractivity contribution in [1.29, 1.82) is 0 Å². The highest BCUT2D eigenvalue weighted by atomic mass is 16.3. The molecule has 0 saturated heterocycles. The summed E-state index contributed by atoms with van der Waals surface area (Å²) in [6.07, 6.45) is 6.71. The predicted molar refractivity (Wildman–Crippen MR) is 95.5 cm³/mol. The monoisotopic (exact) mass is 304 g/mol. The Morgan fingerprint density at radius 1 is 0.913 bits per heavy atom. The Balaban J connectivity index is 1.68. The number of para-hydroxylation sites is 1. The number of hydrogen-bond acceptors (Lipinski definition) is 1. The minimum Gasteiger partial charge on any atom is -0.507 e. The van der Waals surface area contributed by atoms with Crippen molar-refractivity contribution in [2.45, 2.75) is 44.9 Å². The molecule has 1 heteroatoms. The molecule has 1 N–H and O–H groups in total. The lowest BCUT2D eigenvalue weighted by molar-refractivity contribution is 0.319. The first-order chi connectivity index (χ1) is 11.3. The van der Waals surface area contributed by atoms with Gasteiger partial charge in [0.1, 0.15) is 5.75 Å². The van der Waals surface area contributed by atoms with Gasteiger partial charge in [-0.15, -0.1) is 0 Å². The molecule has 0 bridgehead atoms. The van der Waals surface area contributed by atoms with Crippen LogP contribution in [0.25, 0.3) is 0 Å². The summed E-state index contributed by atoms with van der Waals surface area (Å²) in [6, 6.07) is 15.9. The van der Waals surface area contributed by atoms with Crippen LogP contribution in [0, 0.1) is 17.8 Å². The minimum absolute atomic E-state index is 0.240. The van der Waals surface area contributed by atoms with Crippen LogP contribution >= 0.6 is 0 Å². The van der Waals surface area contributed by atoms with Gasteiger partial charge in [0.05, 0.1) is 5.56 Å². The van der Waals surface area contributed by atoms with Crippen LogP contribution in [0.2, 0.25) is 0 Å².